The van der Waals surface area contributed by atoms with Gasteiger partial charge in [0, 0.05) is 18.0 Å². The number of thioether (sulfide) groups is 1. The minimum absolute atomic E-state index is 0.348. The van der Waals surface area contributed by atoms with Crippen LogP contribution in [-0.4, -0.2) is 29.4 Å². The van der Waals surface area contributed by atoms with Crippen LogP contribution in [0.2, 0.25) is 0 Å². The molecular formula is C17H23NOS2. The van der Waals surface area contributed by atoms with Crippen LogP contribution in [-0.2, 0) is 6.54 Å². The zero-order valence-electron chi connectivity index (χ0n) is 12.7. The standard InChI is InChI=1S/C17H23NOS2/c1-3-20-17-10-9-16(21-17)15(19)11-12-18(2)13-14-7-5-4-6-8-14/h4-10,15,19H,3,11-13H2,1-2H3. The largest absolute Gasteiger partial charge is 0.388 e. The van der Waals surface area contributed by atoms with Gasteiger partial charge in [-0.15, -0.1) is 23.1 Å². The molecular weight excluding hydrogens is 298 g/mol. The van der Waals surface area contributed by atoms with E-state index in [1.165, 1.54) is 9.77 Å². The number of hydrogen-bond acceptors (Lipinski definition) is 4. The van der Waals surface area contributed by atoms with Gasteiger partial charge in [-0.3, -0.25) is 0 Å². The molecule has 2 aromatic rings. The highest BCUT2D eigenvalue weighted by Crippen LogP contribution is 2.31. The van der Waals surface area contributed by atoms with Crippen molar-refractivity contribution in [3.8, 4) is 0 Å². The van der Waals surface area contributed by atoms with Crippen LogP contribution < -0.4 is 0 Å². The highest BCUT2D eigenvalue weighted by Gasteiger charge is 2.12. The van der Waals surface area contributed by atoms with Crippen molar-refractivity contribution < 1.29 is 5.11 Å². The molecule has 0 spiro atoms. The highest BCUT2D eigenvalue weighted by atomic mass is 32.2. The topological polar surface area (TPSA) is 23.5 Å². The summed E-state index contributed by atoms with van der Waals surface area (Å²) in [6.45, 7) is 3.97. The van der Waals surface area contributed by atoms with Crippen molar-refractivity contribution in [3.05, 3.63) is 52.9 Å². The molecule has 1 atom stereocenters. The Hall–Kier alpha value is -0.810. The molecule has 2 nitrogen and oxygen atoms in total. The van der Waals surface area contributed by atoms with Gasteiger partial charge in [-0.25, -0.2) is 0 Å². The number of hydrogen-bond donors (Lipinski definition) is 1. The number of nitrogens with zero attached hydrogens (tertiary/aromatic N) is 1. The molecule has 114 valence electrons. The Labute approximate surface area is 135 Å². The third kappa shape index (κ3) is 5.47. The van der Waals surface area contributed by atoms with E-state index in [4.69, 9.17) is 0 Å². The number of thiophene rings is 1. The van der Waals surface area contributed by atoms with Crippen molar-refractivity contribution in [3.63, 3.8) is 0 Å². The molecule has 1 aromatic heterocycles. The van der Waals surface area contributed by atoms with E-state index in [1.54, 1.807) is 11.3 Å². The lowest BCUT2D eigenvalue weighted by molar-refractivity contribution is 0.151. The predicted octanol–water partition coefficient (Wildman–Crippen LogP) is 4.42. The Morgan fingerprint density at radius 2 is 1.95 bits per heavy atom. The Morgan fingerprint density at radius 1 is 1.19 bits per heavy atom. The van der Waals surface area contributed by atoms with E-state index in [0.29, 0.717) is 0 Å². The second-order valence-electron chi connectivity index (χ2n) is 5.12. The molecule has 1 unspecified atom stereocenters. The Morgan fingerprint density at radius 3 is 2.67 bits per heavy atom. The van der Waals surface area contributed by atoms with Gasteiger partial charge >= 0.3 is 0 Å². The summed E-state index contributed by atoms with van der Waals surface area (Å²) in [5.74, 6) is 1.08. The molecule has 0 radical (unpaired) electrons. The average Bonchev–Trinajstić information content (AvgIpc) is 2.95. The molecule has 0 saturated carbocycles. The maximum atomic E-state index is 10.3. The van der Waals surface area contributed by atoms with Crippen molar-refractivity contribution in [2.45, 2.75) is 30.2 Å². The molecule has 0 fully saturated rings. The van der Waals surface area contributed by atoms with Gasteiger partial charge in [0.05, 0.1) is 10.3 Å². The zero-order valence-corrected chi connectivity index (χ0v) is 14.3. The molecule has 1 N–H and O–H groups in total. The monoisotopic (exact) mass is 321 g/mol. The van der Waals surface area contributed by atoms with Gasteiger partial charge in [0.1, 0.15) is 0 Å². The van der Waals surface area contributed by atoms with Gasteiger partial charge in [-0.2, -0.15) is 0 Å². The van der Waals surface area contributed by atoms with E-state index >= 15 is 0 Å². The molecule has 0 aliphatic rings. The lowest BCUT2D eigenvalue weighted by Crippen LogP contribution is -2.20. The lowest BCUT2D eigenvalue weighted by atomic mass is 10.2. The normalized spacial score (nSPS) is 12.8. The van der Waals surface area contributed by atoms with Gasteiger partial charge in [-0.1, -0.05) is 37.3 Å². The van der Waals surface area contributed by atoms with Gasteiger partial charge < -0.3 is 10.0 Å². The molecule has 1 aromatic carbocycles. The zero-order chi connectivity index (χ0) is 15.1. The van der Waals surface area contributed by atoms with Crippen LogP contribution in [0.4, 0.5) is 0 Å². The smallest absolute Gasteiger partial charge is 0.0894 e. The highest BCUT2D eigenvalue weighted by molar-refractivity contribution is 8.01. The van der Waals surface area contributed by atoms with Gasteiger partial charge in [0.2, 0.25) is 0 Å². The summed E-state index contributed by atoms with van der Waals surface area (Å²) >= 11 is 3.55. The molecule has 0 saturated heterocycles. The summed E-state index contributed by atoms with van der Waals surface area (Å²) in [4.78, 5) is 3.34. The van der Waals surface area contributed by atoms with Crippen LogP contribution in [0, 0.1) is 0 Å². The number of aliphatic hydroxyl groups is 1. The second-order valence-corrected chi connectivity index (χ2v) is 7.80. The molecule has 2 rings (SSSR count). The molecule has 0 aliphatic heterocycles. The van der Waals surface area contributed by atoms with Crippen molar-refractivity contribution in [1.29, 1.82) is 0 Å². The third-order valence-electron chi connectivity index (χ3n) is 3.30. The Balaban J connectivity index is 1.78. The Bertz CT molecular complexity index is 527. The minimum atomic E-state index is -0.348. The fourth-order valence-electron chi connectivity index (χ4n) is 2.19. The molecule has 0 bridgehead atoms. The SMILES string of the molecule is CCSc1ccc(C(O)CCN(C)Cc2ccccc2)s1. The average molecular weight is 322 g/mol. The maximum Gasteiger partial charge on any atom is 0.0894 e. The molecule has 1 heterocycles. The van der Waals surface area contributed by atoms with Crippen LogP contribution in [0.25, 0.3) is 0 Å². The van der Waals surface area contributed by atoms with Crippen LogP contribution >= 0.6 is 23.1 Å². The first kappa shape index (κ1) is 16.6. The van der Waals surface area contributed by atoms with Crippen molar-refractivity contribution in [1.82, 2.24) is 4.90 Å². The fourth-order valence-corrected chi connectivity index (χ4v) is 4.28. The first-order valence-electron chi connectivity index (χ1n) is 7.32. The minimum Gasteiger partial charge on any atom is -0.388 e. The van der Waals surface area contributed by atoms with E-state index in [0.717, 1.165) is 30.1 Å². The Kier molecular flexibility index (Phi) is 6.77. The van der Waals surface area contributed by atoms with Crippen LogP contribution in [0.3, 0.4) is 0 Å². The summed E-state index contributed by atoms with van der Waals surface area (Å²) in [6, 6.07) is 14.6. The van der Waals surface area contributed by atoms with Gasteiger partial charge in [-0.05, 0) is 36.9 Å². The van der Waals surface area contributed by atoms with Crippen LogP contribution in [0.15, 0.2) is 46.7 Å². The molecule has 4 heteroatoms. The van der Waals surface area contributed by atoms with E-state index < -0.39 is 0 Å². The third-order valence-corrected chi connectivity index (χ3v) is 5.59. The first-order chi connectivity index (χ1) is 10.2. The molecule has 0 aliphatic carbocycles. The quantitative estimate of drug-likeness (QED) is 0.728. The summed E-state index contributed by atoms with van der Waals surface area (Å²) in [7, 11) is 2.10. The predicted molar refractivity (Wildman–Crippen MR) is 93.1 cm³/mol. The second kappa shape index (κ2) is 8.59. The van der Waals surface area contributed by atoms with E-state index in [-0.39, 0.29) is 6.10 Å². The van der Waals surface area contributed by atoms with Crippen molar-refractivity contribution >= 4 is 23.1 Å². The van der Waals surface area contributed by atoms with Gasteiger partial charge in [0.15, 0.2) is 0 Å². The van der Waals surface area contributed by atoms with Crippen molar-refractivity contribution in [2.24, 2.45) is 0 Å². The number of aliphatic hydroxyl groups excluding tert-OH is 1. The maximum absolute atomic E-state index is 10.3. The van der Waals surface area contributed by atoms with Gasteiger partial charge in [0.25, 0.3) is 0 Å². The number of benzene rings is 1. The summed E-state index contributed by atoms with van der Waals surface area (Å²) in [6.07, 6.45) is 0.430. The van der Waals surface area contributed by atoms with E-state index in [9.17, 15) is 5.11 Å². The van der Waals surface area contributed by atoms with E-state index in [2.05, 4.69) is 55.3 Å². The van der Waals surface area contributed by atoms with Crippen molar-refractivity contribution in [2.75, 3.05) is 19.3 Å². The lowest BCUT2D eigenvalue weighted by Gasteiger charge is -2.18. The van der Waals surface area contributed by atoms with E-state index in [1.807, 2.05) is 17.8 Å². The van der Waals surface area contributed by atoms with Crippen LogP contribution in [0.5, 0.6) is 0 Å². The summed E-state index contributed by atoms with van der Waals surface area (Å²) in [5.41, 5.74) is 1.31. The van der Waals surface area contributed by atoms with Crippen LogP contribution in [0.1, 0.15) is 29.9 Å². The summed E-state index contributed by atoms with van der Waals surface area (Å²) < 4.78 is 1.30. The number of rotatable bonds is 8. The molecule has 0 amide bonds. The first-order valence-corrected chi connectivity index (χ1v) is 9.12. The molecule has 21 heavy (non-hydrogen) atoms. The fraction of sp³-hybridized carbons (Fsp3) is 0.412. The summed E-state index contributed by atoms with van der Waals surface area (Å²) in [5, 5.41) is 10.3.